The van der Waals surface area contributed by atoms with Gasteiger partial charge in [-0.25, -0.2) is 0 Å². The molecule has 0 spiro atoms. The van der Waals surface area contributed by atoms with Crippen molar-refractivity contribution in [2.24, 2.45) is 0 Å². The minimum absolute atomic E-state index is 0.0820. The van der Waals surface area contributed by atoms with E-state index in [-0.39, 0.29) is 18.0 Å². The first kappa shape index (κ1) is 12.2. The van der Waals surface area contributed by atoms with Gasteiger partial charge in [-0.3, -0.25) is 4.79 Å². The second-order valence-electron chi connectivity index (χ2n) is 5.23. The Labute approximate surface area is 113 Å². The largest absolute Gasteiger partial charge is 0.325 e. The molecular formula is C15H17N3O. The maximum absolute atomic E-state index is 12.5. The van der Waals surface area contributed by atoms with Gasteiger partial charge in [-0.1, -0.05) is 24.3 Å². The van der Waals surface area contributed by atoms with E-state index < -0.39 is 0 Å². The molecule has 0 unspecified atom stereocenters. The van der Waals surface area contributed by atoms with Crippen LogP contribution in [0.3, 0.4) is 0 Å². The van der Waals surface area contributed by atoms with Crippen LogP contribution in [-0.2, 0) is 17.8 Å². The van der Waals surface area contributed by atoms with E-state index in [1.807, 2.05) is 12.1 Å². The molecule has 0 bridgehead atoms. The third-order valence-corrected chi connectivity index (χ3v) is 4.06. The van der Waals surface area contributed by atoms with E-state index in [2.05, 4.69) is 23.5 Å². The predicted molar refractivity (Wildman–Crippen MR) is 71.1 cm³/mol. The summed E-state index contributed by atoms with van der Waals surface area (Å²) in [5.41, 5.74) is 2.51. The number of carbonyl (C=O) groups is 1. The molecule has 2 heterocycles. The summed E-state index contributed by atoms with van der Waals surface area (Å²) in [6, 6.07) is 10.0. The molecule has 0 radical (unpaired) electrons. The summed E-state index contributed by atoms with van der Waals surface area (Å²) in [6.07, 6.45) is 2.47. The van der Waals surface area contributed by atoms with Gasteiger partial charge in [0, 0.05) is 13.1 Å². The SMILES string of the molecule is N#C[C@H]1CCCN1C(=O)[C@@H]1Cc2ccccc2CN1. The molecule has 2 aliphatic heterocycles. The molecule has 4 heteroatoms. The average Bonchev–Trinajstić information content (AvgIpc) is 2.94. The first-order valence-corrected chi connectivity index (χ1v) is 6.80. The summed E-state index contributed by atoms with van der Waals surface area (Å²) in [5, 5.41) is 12.4. The van der Waals surface area contributed by atoms with Crippen molar-refractivity contribution < 1.29 is 4.79 Å². The Morgan fingerprint density at radius 3 is 2.95 bits per heavy atom. The quantitative estimate of drug-likeness (QED) is 0.820. The van der Waals surface area contributed by atoms with Crippen LogP contribution in [0.2, 0.25) is 0 Å². The standard InChI is InChI=1S/C15H17N3O/c16-9-13-6-3-7-18(13)15(19)14-8-11-4-1-2-5-12(11)10-17-14/h1-2,4-5,13-14,17H,3,6-8,10H2/t13-,14+/m1/s1. The minimum atomic E-state index is -0.230. The van der Waals surface area contributed by atoms with E-state index in [0.717, 1.165) is 32.4 Å². The Morgan fingerprint density at radius 2 is 2.16 bits per heavy atom. The number of amides is 1. The average molecular weight is 255 g/mol. The van der Waals surface area contributed by atoms with Gasteiger partial charge < -0.3 is 10.2 Å². The van der Waals surface area contributed by atoms with Crippen LogP contribution in [0.25, 0.3) is 0 Å². The fourth-order valence-electron chi connectivity index (χ4n) is 2.99. The van der Waals surface area contributed by atoms with Crippen molar-refractivity contribution in [3.8, 4) is 6.07 Å². The fraction of sp³-hybridized carbons (Fsp3) is 0.467. The van der Waals surface area contributed by atoms with Crippen LogP contribution < -0.4 is 5.32 Å². The van der Waals surface area contributed by atoms with E-state index in [1.54, 1.807) is 4.90 Å². The Bertz CT molecular complexity index is 534. The van der Waals surface area contributed by atoms with Crippen LogP contribution in [0, 0.1) is 11.3 Å². The van der Waals surface area contributed by atoms with E-state index in [4.69, 9.17) is 5.26 Å². The molecule has 19 heavy (non-hydrogen) atoms. The predicted octanol–water partition coefficient (Wildman–Crippen LogP) is 1.22. The molecule has 1 aromatic rings. The van der Waals surface area contributed by atoms with Crippen LogP contribution in [0.15, 0.2) is 24.3 Å². The van der Waals surface area contributed by atoms with E-state index in [9.17, 15) is 4.79 Å². The van der Waals surface area contributed by atoms with Gasteiger partial charge in [-0.2, -0.15) is 5.26 Å². The number of hydrogen-bond acceptors (Lipinski definition) is 3. The molecule has 1 N–H and O–H groups in total. The van der Waals surface area contributed by atoms with E-state index in [1.165, 1.54) is 11.1 Å². The van der Waals surface area contributed by atoms with Crippen molar-refractivity contribution in [3.63, 3.8) is 0 Å². The highest BCUT2D eigenvalue weighted by atomic mass is 16.2. The van der Waals surface area contributed by atoms with E-state index in [0.29, 0.717) is 0 Å². The van der Waals surface area contributed by atoms with Crippen molar-refractivity contribution in [1.82, 2.24) is 10.2 Å². The van der Waals surface area contributed by atoms with Crippen molar-refractivity contribution in [2.45, 2.75) is 37.9 Å². The lowest BCUT2D eigenvalue weighted by molar-refractivity contribution is -0.133. The number of likely N-dealkylation sites (tertiary alicyclic amines) is 1. The van der Waals surface area contributed by atoms with Gasteiger partial charge in [0.25, 0.3) is 0 Å². The Hall–Kier alpha value is -1.86. The van der Waals surface area contributed by atoms with Crippen molar-refractivity contribution in [3.05, 3.63) is 35.4 Å². The number of hydrogen-bond donors (Lipinski definition) is 1. The highest BCUT2D eigenvalue weighted by Crippen LogP contribution is 2.21. The third kappa shape index (κ3) is 2.22. The van der Waals surface area contributed by atoms with Crippen LogP contribution in [0.5, 0.6) is 0 Å². The topological polar surface area (TPSA) is 56.1 Å². The second kappa shape index (κ2) is 5.02. The van der Waals surface area contributed by atoms with Gasteiger partial charge in [0.2, 0.25) is 5.91 Å². The van der Waals surface area contributed by atoms with Crippen molar-refractivity contribution in [2.75, 3.05) is 6.54 Å². The molecule has 0 aromatic heterocycles. The molecule has 1 saturated heterocycles. The highest BCUT2D eigenvalue weighted by molar-refractivity contribution is 5.83. The highest BCUT2D eigenvalue weighted by Gasteiger charge is 2.34. The smallest absolute Gasteiger partial charge is 0.241 e. The maximum Gasteiger partial charge on any atom is 0.241 e. The Morgan fingerprint density at radius 1 is 1.37 bits per heavy atom. The molecule has 0 saturated carbocycles. The number of fused-ring (bicyclic) bond motifs is 1. The second-order valence-corrected chi connectivity index (χ2v) is 5.23. The summed E-state index contributed by atoms with van der Waals surface area (Å²) in [7, 11) is 0. The van der Waals surface area contributed by atoms with Gasteiger partial charge in [0.15, 0.2) is 0 Å². The lowest BCUT2D eigenvalue weighted by Crippen LogP contribution is -2.50. The monoisotopic (exact) mass is 255 g/mol. The summed E-state index contributed by atoms with van der Waals surface area (Å²) < 4.78 is 0. The first-order chi connectivity index (χ1) is 9.29. The fourth-order valence-corrected chi connectivity index (χ4v) is 2.99. The third-order valence-electron chi connectivity index (χ3n) is 4.06. The summed E-state index contributed by atoms with van der Waals surface area (Å²) >= 11 is 0. The maximum atomic E-state index is 12.5. The van der Waals surface area contributed by atoms with Crippen molar-refractivity contribution in [1.29, 1.82) is 5.26 Å². The lowest BCUT2D eigenvalue weighted by Gasteiger charge is -2.30. The Kier molecular flexibility index (Phi) is 3.22. The number of nitriles is 1. The van der Waals surface area contributed by atoms with Gasteiger partial charge in [0.05, 0.1) is 12.1 Å². The summed E-state index contributed by atoms with van der Waals surface area (Å²) in [5.74, 6) is 0.0820. The number of nitrogens with zero attached hydrogens (tertiary/aromatic N) is 2. The molecule has 1 fully saturated rings. The minimum Gasteiger partial charge on any atom is -0.325 e. The summed E-state index contributed by atoms with van der Waals surface area (Å²) in [6.45, 7) is 1.45. The molecule has 98 valence electrons. The van der Waals surface area contributed by atoms with Gasteiger partial charge in [-0.05, 0) is 30.4 Å². The van der Waals surface area contributed by atoms with Gasteiger partial charge in [0.1, 0.15) is 6.04 Å². The molecule has 3 rings (SSSR count). The zero-order valence-corrected chi connectivity index (χ0v) is 10.8. The van der Waals surface area contributed by atoms with Gasteiger partial charge >= 0.3 is 0 Å². The molecular weight excluding hydrogens is 238 g/mol. The molecule has 1 aromatic carbocycles. The zero-order valence-electron chi connectivity index (χ0n) is 10.8. The first-order valence-electron chi connectivity index (χ1n) is 6.80. The van der Waals surface area contributed by atoms with Crippen LogP contribution in [0.4, 0.5) is 0 Å². The Balaban J connectivity index is 1.75. The van der Waals surface area contributed by atoms with E-state index >= 15 is 0 Å². The zero-order chi connectivity index (χ0) is 13.2. The number of carbonyl (C=O) groups excluding carboxylic acids is 1. The number of rotatable bonds is 1. The van der Waals surface area contributed by atoms with Crippen molar-refractivity contribution >= 4 is 5.91 Å². The molecule has 0 aliphatic carbocycles. The molecule has 1 amide bonds. The van der Waals surface area contributed by atoms with Crippen LogP contribution >= 0.6 is 0 Å². The molecule has 4 nitrogen and oxygen atoms in total. The van der Waals surface area contributed by atoms with Gasteiger partial charge in [-0.15, -0.1) is 0 Å². The normalized spacial score (nSPS) is 25.7. The van der Waals surface area contributed by atoms with Crippen LogP contribution in [0.1, 0.15) is 24.0 Å². The molecule has 2 aliphatic rings. The van der Waals surface area contributed by atoms with Crippen LogP contribution in [-0.4, -0.2) is 29.4 Å². The number of nitrogens with one attached hydrogen (secondary N) is 1. The lowest BCUT2D eigenvalue weighted by atomic mass is 9.95. The molecule has 2 atom stereocenters. The summed E-state index contributed by atoms with van der Waals surface area (Å²) in [4.78, 5) is 14.2. The number of benzene rings is 1.